The predicted molar refractivity (Wildman–Crippen MR) is 160 cm³/mol. The number of amides is 1. The maximum Gasteiger partial charge on any atom is 0.259 e. The molecule has 11 heteroatoms. The maximum atomic E-state index is 14.3. The fourth-order valence-corrected chi connectivity index (χ4v) is 6.24. The van der Waals surface area contributed by atoms with E-state index in [1.165, 1.54) is 18.7 Å². The molecule has 1 fully saturated rings. The van der Waals surface area contributed by atoms with E-state index in [9.17, 15) is 9.18 Å². The lowest BCUT2D eigenvalue weighted by atomic mass is 9.88. The van der Waals surface area contributed by atoms with Crippen molar-refractivity contribution in [2.45, 2.75) is 58.6 Å². The summed E-state index contributed by atoms with van der Waals surface area (Å²) in [5.41, 5.74) is 8.76. The monoisotopic (exact) mass is 578 g/mol. The number of hydrogen-bond acceptors (Lipinski definition) is 9. The van der Waals surface area contributed by atoms with E-state index in [-0.39, 0.29) is 22.4 Å². The summed E-state index contributed by atoms with van der Waals surface area (Å²) >= 11 is 1.14. The Balaban J connectivity index is 1.51. The average molecular weight is 579 g/mol. The van der Waals surface area contributed by atoms with Crippen LogP contribution in [0, 0.1) is 5.82 Å². The van der Waals surface area contributed by atoms with E-state index in [0.29, 0.717) is 39.4 Å². The van der Waals surface area contributed by atoms with Crippen LogP contribution in [0.15, 0.2) is 36.7 Å². The number of nitrogens with zero attached hydrogens (tertiary/aromatic N) is 4. The van der Waals surface area contributed by atoms with Gasteiger partial charge in [-0.25, -0.2) is 19.3 Å². The van der Waals surface area contributed by atoms with E-state index < -0.39 is 11.7 Å². The van der Waals surface area contributed by atoms with E-state index in [1.54, 1.807) is 6.20 Å². The molecule has 1 saturated heterocycles. The number of benzene rings is 1. The number of hydrogen-bond donors (Lipinski definition) is 2. The van der Waals surface area contributed by atoms with Gasteiger partial charge in [0.2, 0.25) is 11.8 Å². The molecule has 4 aromatic rings. The lowest BCUT2D eigenvalue weighted by molar-refractivity contribution is 0.100. The van der Waals surface area contributed by atoms with E-state index in [2.05, 4.69) is 46.2 Å². The summed E-state index contributed by atoms with van der Waals surface area (Å²) in [5, 5.41) is 3.29. The first kappa shape index (κ1) is 28.7. The molecule has 0 bridgehead atoms. The quantitative estimate of drug-likeness (QED) is 0.244. The van der Waals surface area contributed by atoms with Gasteiger partial charge in [-0.3, -0.25) is 4.79 Å². The predicted octanol–water partition coefficient (Wildman–Crippen LogP) is 6.12. The fourth-order valence-electron chi connectivity index (χ4n) is 5.26. The second-order valence-electron chi connectivity index (χ2n) is 10.7. The molecule has 0 saturated carbocycles. The Morgan fingerprint density at radius 3 is 2.56 bits per heavy atom. The molecular formula is C30H35FN6O3S. The Morgan fingerprint density at radius 1 is 1.15 bits per heavy atom. The molecule has 1 aliphatic heterocycles. The van der Waals surface area contributed by atoms with Crippen molar-refractivity contribution in [1.29, 1.82) is 0 Å². The first-order chi connectivity index (χ1) is 19.6. The lowest BCUT2D eigenvalue weighted by Crippen LogP contribution is -2.37. The standard InChI is InChI=1S/C30H35FN6O3S/c1-16(2)37-10-8-18(9-11-37)19-6-7-22(23(12-19)40-17(3)4)35-30-34-15-24-26(36-30)25(27(41-24)28(32)38)21-13-20(31)14-33-29(21)39-5/h6-7,12-18H,8-11H2,1-5H3,(H2,32,38)(H,34,35,36). The van der Waals surface area contributed by atoms with E-state index >= 15 is 0 Å². The topological polar surface area (TPSA) is 115 Å². The van der Waals surface area contributed by atoms with Crippen LogP contribution in [0.4, 0.5) is 16.0 Å². The van der Waals surface area contributed by atoms with Gasteiger partial charge >= 0.3 is 0 Å². The summed E-state index contributed by atoms with van der Waals surface area (Å²) in [6.45, 7) is 10.6. The molecule has 216 valence electrons. The van der Waals surface area contributed by atoms with Crippen molar-refractivity contribution in [1.82, 2.24) is 19.9 Å². The molecule has 9 nitrogen and oxygen atoms in total. The molecule has 1 amide bonds. The number of methoxy groups -OCH3 is 1. The van der Waals surface area contributed by atoms with Gasteiger partial charge in [-0.2, -0.15) is 0 Å². The molecule has 1 aromatic carbocycles. The number of piperidine rings is 1. The van der Waals surface area contributed by atoms with Gasteiger partial charge in [0.25, 0.3) is 5.91 Å². The van der Waals surface area contributed by atoms with Crippen molar-refractivity contribution in [2.24, 2.45) is 5.73 Å². The SMILES string of the molecule is COc1ncc(F)cc1-c1c(C(N)=O)sc2cnc(Nc3ccc(C4CCN(C(C)C)CC4)cc3OC(C)C)nc12. The van der Waals surface area contributed by atoms with Crippen LogP contribution in [0.25, 0.3) is 21.3 Å². The summed E-state index contributed by atoms with van der Waals surface area (Å²) in [6, 6.07) is 8.06. The van der Waals surface area contributed by atoms with Crippen LogP contribution in [0.2, 0.25) is 0 Å². The number of pyridine rings is 1. The number of primary amides is 1. The Labute approximate surface area is 242 Å². The Kier molecular flexibility index (Phi) is 8.37. The van der Waals surface area contributed by atoms with Crippen molar-refractivity contribution < 1.29 is 18.7 Å². The molecule has 5 rings (SSSR count). The van der Waals surface area contributed by atoms with Crippen LogP contribution in [-0.4, -0.2) is 58.1 Å². The zero-order valence-electron chi connectivity index (χ0n) is 23.9. The van der Waals surface area contributed by atoms with Crippen molar-refractivity contribution in [3.8, 4) is 22.8 Å². The Bertz CT molecular complexity index is 1570. The van der Waals surface area contributed by atoms with Gasteiger partial charge in [-0.1, -0.05) is 6.07 Å². The Hall–Kier alpha value is -3.83. The summed E-state index contributed by atoms with van der Waals surface area (Å²) in [7, 11) is 1.43. The van der Waals surface area contributed by atoms with E-state index in [0.717, 1.165) is 49.2 Å². The molecule has 0 aliphatic carbocycles. The van der Waals surface area contributed by atoms with Crippen LogP contribution in [0.5, 0.6) is 11.6 Å². The number of likely N-dealkylation sites (tertiary alicyclic amines) is 1. The van der Waals surface area contributed by atoms with Gasteiger partial charge in [0, 0.05) is 11.6 Å². The third kappa shape index (κ3) is 6.11. The van der Waals surface area contributed by atoms with Crippen LogP contribution in [-0.2, 0) is 0 Å². The molecule has 1 aliphatic rings. The second kappa shape index (κ2) is 12.0. The first-order valence-corrected chi connectivity index (χ1v) is 14.6. The summed E-state index contributed by atoms with van der Waals surface area (Å²) in [4.78, 5) is 28.3. The van der Waals surface area contributed by atoms with Crippen LogP contribution in [0.1, 0.15) is 61.7 Å². The van der Waals surface area contributed by atoms with Gasteiger partial charge in [-0.15, -0.1) is 11.3 Å². The zero-order valence-corrected chi connectivity index (χ0v) is 24.7. The van der Waals surface area contributed by atoms with E-state index in [1.807, 2.05) is 19.9 Å². The number of nitrogens with one attached hydrogen (secondary N) is 1. The minimum atomic E-state index is -0.661. The molecule has 4 heterocycles. The van der Waals surface area contributed by atoms with Gasteiger partial charge in [0.15, 0.2) is 0 Å². The fraction of sp³-hybridized carbons (Fsp3) is 0.400. The molecule has 41 heavy (non-hydrogen) atoms. The molecule has 0 unspecified atom stereocenters. The van der Waals surface area contributed by atoms with E-state index in [4.69, 9.17) is 20.2 Å². The van der Waals surface area contributed by atoms with Crippen molar-refractivity contribution in [2.75, 3.05) is 25.5 Å². The number of anilines is 2. The molecule has 3 N–H and O–H groups in total. The van der Waals surface area contributed by atoms with Crippen molar-refractivity contribution in [3.05, 3.63) is 52.9 Å². The highest BCUT2D eigenvalue weighted by molar-refractivity contribution is 7.21. The molecular weight excluding hydrogens is 543 g/mol. The molecule has 0 spiro atoms. The van der Waals surface area contributed by atoms with Crippen LogP contribution < -0.4 is 20.5 Å². The number of thiophene rings is 1. The lowest BCUT2D eigenvalue weighted by Gasteiger charge is -2.35. The summed E-state index contributed by atoms with van der Waals surface area (Å²) in [5.74, 6) is 0.398. The zero-order chi connectivity index (χ0) is 29.3. The van der Waals surface area contributed by atoms with Gasteiger partial charge in [0.1, 0.15) is 16.4 Å². The Morgan fingerprint density at radius 2 is 1.90 bits per heavy atom. The number of carbonyl (C=O) groups excluding carboxylic acids is 1. The summed E-state index contributed by atoms with van der Waals surface area (Å²) in [6.07, 6.45) is 4.84. The van der Waals surface area contributed by atoms with Gasteiger partial charge < -0.3 is 25.4 Å². The smallest absolute Gasteiger partial charge is 0.259 e. The van der Waals surface area contributed by atoms with Crippen molar-refractivity contribution in [3.63, 3.8) is 0 Å². The number of carbonyl (C=O) groups is 1. The highest BCUT2D eigenvalue weighted by atomic mass is 32.1. The van der Waals surface area contributed by atoms with Crippen molar-refractivity contribution >= 4 is 39.1 Å². The normalized spacial score (nSPS) is 14.6. The number of aromatic nitrogens is 3. The molecule has 3 aromatic heterocycles. The largest absolute Gasteiger partial charge is 0.489 e. The second-order valence-corrected chi connectivity index (χ2v) is 11.8. The average Bonchev–Trinajstić information content (AvgIpc) is 3.33. The minimum absolute atomic E-state index is 0.0356. The third-order valence-electron chi connectivity index (χ3n) is 7.28. The third-order valence-corrected chi connectivity index (χ3v) is 8.41. The molecule has 0 radical (unpaired) electrons. The highest BCUT2D eigenvalue weighted by Crippen LogP contribution is 2.42. The van der Waals surface area contributed by atoms with Crippen LogP contribution in [0.3, 0.4) is 0 Å². The minimum Gasteiger partial charge on any atom is -0.489 e. The first-order valence-electron chi connectivity index (χ1n) is 13.8. The number of rotatable bonds is 9. The highest BCUT2D eigenvalue weighted by Gasteiger charge is 2.25. The number of ether oxygens (including phenoxy) is 2. The number of halogens is 1. The maximum absolute atomic E-state index is 14.3. The summed E-state index contributed by atoms with van der Waals surface area (Å²) < 4.78 is 26.4. The molecule has 0 atom stereocenters. The number of fused-ring (bicyclic) bond motifs is 1. The van der Waals surface area contributed by atoms with Crippen LogP contribution >= 0.6 is 11.3 Å². The van der Waals surface area contributed by atoms with Gasteiger partial charge in [-0.05, 0) is 83.3 Å². The number of nitrogens with two attached hydrogens (primary N) is 1. The van der Waals surface area contributed by atoms with Gasteiger partial charge in [0.05, 0.1) is 47.1 Å².